The maximum absolute atomic E-state index is 6.53. The highest BCUT2D eigenvalue weighted by atomic mass is 16.4. The first-order valence-corrected chi connectivity index (χ1v) is 11.5. The molecule has 7 aromatic rings. The minimum atomic E-state index is 0.797. The number of para-hydroxylation sites is 2. The SMILES string of the molecule is Cc1cccc2c1oc1c2cc(-c2ccnc(-c3ccccc3)c2)c2c3cccc(C)c3oc12. The van der Waals surface area contributed by atoms with E-state index in [1.165, 1.54) is 0 Å². The molecule has 0 aliphatic carbocycles. The van der Waals surface area contributed by atoms with Gasteiger partial charge in [-0.2, -0.15) is 0 Å². The molecular weight excluding hydrogens is 418 g/mol. The molecular formula is C31H21NO2. The van der Waals surface area contributed by atoms with Gasteiger partial charge in [-0.25, -0.2) is 0 Å². The van der Waals surface area contributed by atoms with Crippen molar-refractivity contribution >= 4 is 43.9 Å². The molecule has 0 radical (unpaired) electrons. The lowest BCUT2D eigenvalue weighted by Crippen LogP contribution is -1.86. The van der Waals surface area contributed by atoms with Gasteiger partial charge < -0.3 is 8.83 Å². The summed E-state index contributed by atoms with van der Waals surface area (Å²) in [5.74, 6) is 0. The predicted molar refractivity (Wildman–Crippen MR) is 139 cm³/mol. The lowest BCUT2D eigenvalue weighted by Gasteiger charge is -2.08. The van der Waals surface area contributed by atoms with Crippen molar-refractivity contribution in [2.75, 3.05) is 0 Å². The van der Waals surface area contributed by atoms with Crippen LogP contribution in [0.15, 0.2) is 100.0 Å². The molecule has 34 heavy (non-hydrogen) atoms. The number of aromatic nitrogens is 1. The molecule has 4 aromatic carbocycles. The lowest BCUT2D eigenvalue weighted by molar-refractivity contribution is 0.630. The van der Waals surface area contributed by atoms with E-state index in [4.69, 9.17) is 8.83 Å². The molecule has 162 valence electrons. The van der Waals surface area contributed by atoms with Gasteiger partial charge in [0.1, 0.15) is 11.2 Å². The van der Waals surface area contributed by atoms with Gasteiger partial charge in [0.05, 0.1) is 5.69 Å². The molecule has 3 aromatic heterocycles. The Morgan fingerprint density at radius 2 is 1.26 bits per heavy atom. The number of aryl methyl sites for hydroxylation is 2. The van der Waals surface area contributed by atoms with Gasteiger partial charge in [-0.05, 0) is 54.3 Å². The number of hydrogen-bond donors (Lipinski definition) is 0. The Morgan fingerprint density at radius 3 is 2.06 bits per heavy atom. The van der Waals surface area contributed by atoms with Gasteiger partial charge in [0.2, 0.25) is 0 Å². The van der Waals surface area contributed by atoms with Gasteiger partial charge in [0, 0.05) is 33.3 Å². The van der Waals surface area contributed by atoms with Crippen molar-refractivity contribution < 1.29 is 8.83 Å². The molecule has 0 saturated heterocycles. The van der Waals surface area contributed by atoms with Crippen LogP contribution in [0.25, 0.3) is 66.3 Å². The number of benzene rings is 4. The van der Waals surface area contributed by atoms with E-state index in [-0.39, 0.29) is 0 Å². The van der Waals surface area contributed by atoms with E-state index in [9.17, 15) is 0 Å². The normalized spacial score (nSPS) is 11.8. The number of hydrogen-bond acceptors (Lipinski definition) is 3. The van der Waals surface area contributed by atoms with Gasteiger partial charge >= 0.3 is 0 Å². The molecule has 0 aliphatic rings. The monoisotopic (exact) mass is 439 g/mol. The van der Waals surface area contributed by atoms with E-state index in [0.29, 0.717) is 0 Å². The topological polar surface area (TPSA) is 39.2 Å². The molecule has 3 nitrogen and oxygen atoms in total. The third kappa shape index (κ3) is 2.67. The first-order valence-electron chi connectivity index (χ1n) is 11.5. The van der Waals surface area contributed by atoms with Crippen LogP contribution in [0.4, 0.5) is 0 Å². The number of nitrogens with zero attached hydrogens (tertiary/aromatic N) is 1. The molecule has 0 unspecified atom stereocenters. The number of pyridine rings is 1. The maximum Gasteiger partial charge on any atom is 0.179 e. The summed E-state index contributed by atoms with van der Waals surface area (Å²) in [6, 6.07) is 29.4. The van der Waals surface area contributed by atoms with Crippen molar-refractivity contribution in [3.8, 4) is 22.4 Å². The Labute approximate surface area is 196 Å². The summed E-state index contributed by atoms with van der Waals surface area (Å²) in [5.41, 5.74) is 9.91. The van der Waals surface area contributed by atoms with E-state index in [1.807, 2.05) is 24.4 Å². The van der Waals surface area contributed by atoms with Crippen molar-refractivity contribution in [3.63, 3.8) is 0 Å². The fourth-order valence-electron chi connectivity index (χ4n) is 5.09. The Hall–Kier alpha value is -4.37. The second-order valence-electron chi connectivity index (χ2n) is 8.91. The first-order chi connectivity index (χ1) is 16.7. The average molecular weight is 440 g/mol. The highest BCUT2D eigenvalue weighted by Crippen LogP contribution is 2.45. The van der Waals surface area contributed by atoms with Crippen LogP contribution in [-0.2, 0) is 0 Å². The third-order valence-corrected chi connectivity index (χ3v) is 6.77. The van der Waals surface area contributed by atoms with Crippen molar-refractivity contribution in [1.29, 1.82) is 0 Å². The standard InChI is InChI=1S/C31H21NO2/c1-18-8-6-12-22-25-17-24(21-14-15-32-26(16-21)20-10-4-3-5-11-20)27-23-13-7-9-19(2)29(23)34-31(27)30(25)33-28(18)22/h3-17H,1-2H3. The van der Waals surface area contributed by atoms with E-state index < -0.39 is 0 Å². The summed E-state index contributed by atoms with van der Waals surface area (Å²) in [6.07, 6.45) is 1.89. The van der Waals surface area contributed by atoms with Crippen LogP contribution in [0.5, 0.6) is 0 Å². The van der Waals surface area contributed by atoms with E-state index in [0.717, 1.165) is 77.4 Å². The minimum Gasteiger partial charge on any atom is -0.452 e. The van der Waals surface area contributed by atoms with Crippen LogP contribution in [0.2, 0.25) is 0 Å². The number of rotatable bonds is 2. The summed E-state index contributed by atoms with van der Waals surface area (Å²) < 4.78 is 13.0. The highest BCUT2D eigenvalue weighted by molar-refractivity contribution is 6.24. The Kier molecular flexibility index (Phi) is 3.97. The van der Waals surface area contributed by atoms with Crippen molar-refractivity contribution in [3.05, 3.63) is 102 Å². The molecule has 0 N–H and O–H groups in total. The third-order valence-electron chi connectivity index (χ3n) is 6.77. The summed E-state index contributed by atoms with van der Waals surface area (Å²) in [4.78, 5) is 4.65. The van der Waals surface area contributed by atoms with Gasteiger partial charge in [0.15, 0.2) is 11.2 Å². The molecule has 0 atom stereocenters. The fraction of sp³-hybridized carbons (Fsp3) is 0.0645. The smallest absolute Gasteiger partial charge is 0.179 e. The van der Waals surface area contributed by atoms with Crippen LogP contribution < -0.4 is 0 Å². The van der Waals surface area contributed by atoms with Crippen LogP contribution >= 0.6 is 0 Å². The zero-order valence-corrected chi connectivity index (χ0v) is 18.9. The summed E-state index contributed by atoms with van der Waals surface area (Å²) in [5, 5.41) is 4.35. The summed E-state index contributed by atoms with van der Waals surface area (Å²) in [7, 11) is 0. The first kappa shape index (κ1) is 19.1. The quantitative estimate of drug-likeness (QED) is 0.270. The average Bonchev–Trinajstić information content (AvgIpc) is 3.45. The maximum atomic E-state index is 6.53. The van der Waals surface area contributed by atoms with Crippen LogP contribution in [0, 0.1) is 13.8 Å². The van der Waals surface area contributed by atoms with Crippen LogP contribution in [0.1, 0.15) is 11.1 Å². The molecule has 0 saturated carbocycles. The zero-order valence-electron chi connectivity index (χ0n) is 18.9. The van der Waals surface area contributed by atoms with Crippen molar-refractivity contribution in [2.45, 2.75) is 13.8 Å². The van der Waals surface area contributed by atoms with Gasteiger partial charge in [-0.3, -0.25) is 4.98 Å². The molecule has 0 fully saturated rings. The van der Waals surface area contributed by atoms with Crippen LogP contribution in [-0.4, -0.2) is 4.98 Å². The molecule has 3 heteroatoms. The Balaban J connectivity index is 1.64. The second-order valence-corrected chi connectivity index (χ2v) is 8.91. The van der Waals surface area contributed by atoms with E-state index >= 15 is 0 Å². The molecule has 3 heterocycles. The van der Waals surface area contributed by atoms with E-state index in [1.54, 1.807) is 0 Å². The highest BCUT2D eigenvalue weighted by Gasteiger charge is 2.22. The summed E-state index contributed by atoms with van der Waals surface area (Å²) in [6.45, 7) is 4.17. The predicted octanol–water partition coefficient (Wildman–Crippen LogP) is 8.83. The minimum absolute atomic E-state index is 0.797. The Morgan fingerprint density at radius 1 is 0.559 bits per heavy atom. The van der Waals surface area contributed by atoms with Gasteiger partial charge in [0.25, 0.3) is 0 Å². The molecule has 7 rings (SSSR count). The molecule has 0 amide bonds. The van der Waals surface area contributed by atoms with Crippen LogP contribution in [0.3, 0.4) is 0 Å². The van der Waals surface area contributed by atoms with E-state index in [2.05, 4.69) is 85.6 Å². The molecule has 0 spiro atoms. The largest absolute Gasteiger partial charge is 0.452 e. The van der Waals surface area contributed by atoms with Crippen molar-refractivity contribution in [1.82, 2.24) is 4.98 Å². The summed E-state index contributed by atoms with van der Waals surface area (Å²) >= 11 is 0. The second kappa shape index (κ2) is 7.06. The number of furan rings is 2. The Bertz CT molecular complexity index is 1870. The van der Waals surface area contributed by atoms with Gasteiger partial charge in [-0.1, -0.05) is 66.7 Å². The fourth-order valence-corrected chi connectivity index (χ4v) is 5.09. The molecule has 0 aliphatic heterocycles. The van der Waals surface area contributed by atoms with Gasteiger partial charge in [-0.15, -0.1) is 0 Å². The molecule has 0 bridgehead atoms. The number of fused-ring (bicyclic) bond motifs is 7. The van der Waals surface area contributed by atoms with Crippen molar-refractivity contribution in [2.24, 2.45) is 0 Å². The zero-order chi connectivity index (χ0) is 22.8. The lowest BCUT2D eigenvalue weighted by atomic mass is 9.96.